The average molecular weight is 242 g/mol. The first kappa shape index (κ1) is 12.0. The molecule has 2 fully saturated rings. The lowest BCUT2D eigenvalue weighted by molar-refractivity contribution is -0.0343. The Bertz CT molecular complexity index is 355. The summed E-state index contributed by atoms with van der Waals surface area (Å²) in [4.78, 5) is 26.1. The lowest BCUT2D eigenvalue weighted by Crippen LogP contribution is -2.70. The maximum Gasteiger partial charge on any atom is 0.410 e. The molecule has 2 rings (SSSR count). The van der Waals surface area contributed by atoms with Crippen molar-refractivity contribution in [2.24, 2.45) is 0 Å². The van der Waals surface area contributed by atoms with E-state index in [1.165, 1.54) is 0 Å². The van der Waals surface area contributed by atoms with Gasteiger partial charge in [0.15, 0.2) is 0 Å². The molecule has 0 aromatic heterocycles. The summed E-state index contributed by atoms with van der Waals surface area (Å²) in [5.74, 6) is 0. The minimum absolute atomic E-state index is 0.325. The standard InChI is InChI=1S/C11H18N2O4/c1-10(2,3)17-9(15)13-5-11(6-13)7-16-8(14)12(11)4/h5-7H2,1-4H3. The Morgan fingerprint density at radius 3 is 2.41 bits per heavy atom. The number of hydrogen-bond donors (Lipinski definition) is 0. The van der Waals surface area contributed by atoms with Gasteiger partial charge >= 0.3 is 12.2 Å². The number of carbonyl (C=O) groups excluding carboxylic acids is 2. The first-order chi connectivity index (χ1) is 7.73. The molecule has 6 nitrogen and oxygen atoms in total. The number of cyclic esters (lactones) is 1. The van der Waals surface area contributed by atoms with Crippen molar-refractivity contribution >= 4 is 12.2 Å². The number of amides is 2. The monoisotopic (exact) mass is 242 g/mol. The van der Waals surface area contributed by atoms with E-state index in [9.17, 15) is 9.59 Å². The fraction of sp³-hybridized carbons (Fsp3) is 0.818. The van der Waals surface area contributed by atoms with Crippen molar-refractivity contribution in [2.45, 2.75) is 31.9 Å². The van der Waals surface area contributed by atoms with Gasteiger partial charge < -0.3 is 14.4 Å². The van der Waals surface area contributed by atoms with E-state index in [0.717, 1.165) is 0 Å². The molecule has 2 saturated heterocycles. The lowest BCUT2D eigenvalue weighted by Gasteiger charge is -2.48. The van der Waals surface area contributed by atoms with Gasteiger partial charge in [0, 0.05) is 7.05 Å². The summed E-state index contributed by atoms with van der Waals surface area (Å²) >= 11 is 0. The van der Waals surface area contributed by atoms with Crippen LogP contribution in [0.2, 0.25) is 0 Å². The zero-order valence-electron chi connectivity index (χ0n) is 10.6. The van der Waals surface area contributed by atoms with Crippen LogP contribution in [0, 0.1) is 0 Å². The fourth-order valence-corrected chi connectivity index (χ4v) is 2.01. The molecule has 0 atom stereocenters. The van der Waals surface area contributed by atoms with Gasteiger partial charge in [-0.15, -0.1) is 0 Å². The van der Waals surface area contributed by atoms with Crippen LogP contribution < -0.4 is 0 Å². The summed E-state index contributed by atoms with van der Waals surface area (Å²) in [5, 5.41) is 0. The van der Waals surface area contributed by atoms with Gasteiger partial charge in [-0.1, -0.05) is 0 Å². The zero-order valence-corrected chi connectivity index (χ0v) is 10.6. The highest BCUT2D eigenvalue weighted by molar-refractivity contribution is 5.74. The number of carbonyl (C=O) groups is 2. The van der Waals surface area contributed by atoms with Gasteiger partial charge in [0.05, 0.1) is 13.1 Å². The van der Waals surface area contributed by atoms with E-state index in [1.807, 2.05) is 20.8 Å². The Labute approximate surface area is 100 Å². The molecular formula is C11H18N2O4. The van der Waals surface area contributed by atoms with E-state index in [4.69, 9.17) is 9.47 Å². The quantitative estimate of drug-likeness (QED) is 0.637. The van der Waals surface area contributed by atoms with Crippen molar-refractivity contribution in [1.29, 1.82) is 0 Å². The molecule has 2 amide bonds. The molecule has 0 aromatic rings. The van der Waals surface area contributed by atoms with Crippen molar-refractivity contribution < 1.29 is 19.1 Å². The van der Waals surface area contributed by atoms with E-state index in [1.54, 1.807) is 16.8 Å². The van der Waals surface area contributed by atoms with Crippen LogP contribution in [0.25, 0.3) is 0 Å². The summed E-state index contributed by atoms with van der Waals surface area (Å²) in [6.07, 6.45) is -0.662. The molecule has 0 unspecified atom stereocenters. The number of hydrogen-bond acceptors (Lipinski definition) is 4. The number of likely N-dealkylation sites (tertiary alicyclic amines) is 1. The van der Waals surface area contributed by atoms with Gasteiger partial charge in [-0.3, -0.25) is 4.90 Å². The van der Waals surface area contributed by atoms with Gasteiger partial charge in [-0.2, -0.15) is 0 Å². The SMILES string of the molecule is CN1C(=O)OCC12CN(C(=O)OC(C)(C)C)C2. The first-order valence-corrected chi connectivity index (χ1v) is 5.62. The summed E-state index contributed by atoms with van der Waals surface area (Å²) < 4.78 is 10.2. The fourth-order valence-electron chi connectivity index (χ4n) is 2.01. The minimum Gasteiger partial charge on any atom is -0.447 e. The number of nitrogens with zero attached hydrogens (tertiary/aromatic N) is 2. The molecule has 0 bridgehead atoms. The average Bonchev–Trinajstić information content (AvgIpc) is 2.39. The van der Waals surface area contributed by atoms with Crippen molar-refractivity contribution in [3.63, 3.8) is 0 Å². The summed E-state index contributed by atoms with van der Waals surface area (Å²) in [7, 11) is 1.70. The zero-order chi connectivity index (χ0) is 12.8. The van der Waals surface area contributed by atoms with Crippen molar-refractivity contribution in [2.75, 3.05) is 26.7 Å². The van der Waals surface area contributed by atoms with Crippen molar-refractivity contribution in [3.05, 3.63) is 0 Å². The molecule has 1 spiro atoms. The van der Waals surface area contributed by atoms with Crippen LogP contribution in [0.3, 0.4) is 0 Å². The van der Waals surface area contributed by atoms with Gasteiger partial charge in [-0.05, 0) is 20.8 Å². The molecule has 6 heteroatoms. The van der Waals surface area contributed by atoms with Gasteiger partial charge in [0.2, 0.25) is 0 Å². The smallest absolute Gasteiger partial charge is 0.410 e. The largest absolute Gasteiger partial charge is 0.447 e. The van der Waals surface area contributed by atoms with Gasteiger partial charge in [-0.25, -0.2) is 9.59 Å². The number of ether oxygens (including phenoxy) is 2. The molecule has 17 heavy (non-hydrogen) atoms. The van der Waals surface area contributed by atoms with E-state index in [2.05, 4.69) is 0 Å². The Morgan fingerprint density at radius 2 is 2.00 bits per heavy atom. The van der Waals surface area contributed by atoms with Crippen LogP contribution in [0.1, 0.15) is 20.8 Å². The summed E-state index contributed by atoms with van der Waals surface area (Å²) in [5.41, 5.74) is -0.832. The van der Waals surface area contributed by atoms with Crippen LogP contribution in [0.15, 0.2) is 0 Å². The molecule has 0 radical (unpaired) electrons. The molecule has 2 aliphatic heterocycles. The first-order valence-electron chi connectivity index (χ1n) is 5.62. The van der Waals surface area contributed by atoms with Crippen LogP contribution >= 0.6 is 0 Å². The highest BCUT2D eigenvalue weighted by atomic mass is 16.6. The third-order valence-corrected chi connectivity index (χ3v) is 3.07. The summed E-state index contributed by atoms with van der Waals surface area (Å²) in [6.45, 7) is 6.79. The highest BCUT2D eigenvalue weighted by Gasteiger charge is 2.55. The molecule has 2 aliphatic rings. The molecule has 0 saturated carbocycles. The van der Waals surface area contributed by atoms with Crippen molar-refractivity contribution in [3.8, 4) is 0 Å². The maximum absolute atomic E-state index is 11.7. The maximum atomic E-state index is 11.7. The molecule has 0 aromatic carbocycles. The third kappa shape index (κ3) is 2.03. The lowest BCUT2D eigenvalue weighted by atomic mass is 9.90. The van der Waals surface area contributed by atoms with E-state index in [0.29, 0.717) is 19.7 Å². The van der Waals surface area contributed by atoms with Gasteiger partial charge in [0.1, 0.15) is 17.7 Å². The molecular weight excluding hydrogens is 224 g/mol. The van der Waals surface area contributed by atoms with Crippen LogP contribution in [0.4, 0.5) is 9.59 Å². The second-order valence-corrected chi connectivity index (χ2v) is 5.67. The Morgan fingerprint density at radius 1 is 1.41 bits per heavy atom. The van der Waals surface area contributed by atoms with E-state index < -0.39 is 5.60 Å². The predicted molar refractivity (Wildman–Crippen MR) is 59.6 cm³/mol. The second-order valence-electron chi connectivity index (χ2n) is 5.67. The highest BCUT2D eigenvalue weighted by Crippen LogP contribution is 2.33. The van der Waals surface area contributed by atoms with E-state index in [-0.39, 0.29) is 17.7 Å². The molecule has 96 valence electrons. The van der Waals surface area contributed by atoms with E-state index >= 15 is 0 Å². The normalized spacial score (nSPS) is 22.5. The Kier molecular flexibility index (Phi) is 2.48. The minimum atomic E-state index is -0.492. The van der Waals surface area contributed by atoms with Crippen molar-refractivity contribution in [1.82, 2.24) is 9.80 Å². The molecule has 0 N–H and O–H groups in total. The van der Waals surface area contributed by atoms with Crippen LogP contribution in [0.5, 0.6) is 0 Å². The number of rotatable bonds is 0. The number of likely N-dealkylation sites (N-methyl/N-ethyl adjacent to an activating group) is 1. The predicted octanol–water partition coefficient (Wildman–Crippen LogP) is 1.06. The summed E-state index contributed by atoms with van der Waals surface area (Å²) in [6, 6.07) is 0. The Balaban J connectivity index is 1.91. The van der Waals surface area contributed by atoms with Crippen LogP contribution in [-0.2, 0) is 9.47 Å². The topological polar surface area (TPSA) is 59.1 Å². The molecule has 2 heterocycles. The molecule has 0 aliphatic carbocycles. The van der Waals surface area contributed by atoms with Gasteiger partial charge in [0.25, 0.3) is 0 Å². The second kappa shape index (κ2) is 3.51. The van der Waals surface area contributed by atoms with Crippen LogP contribution in [-0.4, -0.2) is 59.9 Å². The Hall–Kier alpha value is -1.46. The third-order valence-electron chi connectivity index (χ3n) is 3.07.